The summed E-state index contributed by atoms with van der Waals surface area (Å²) in [7, 11) is 0. The number of halogens is 6. The monoisotopic (exact) mass is 752 g/mol. The van der Waals surface area contributed by atoms with Crippen LogP contribution in [0, 0.1) is 11.8 Å². The number of carbonyl (C=O) groups excluding carboxylic acids is 4. The molecule has 0 aliphatic rings. The highest BCUT2D eigenvalue weighted by molar-refractivity contribution is 6.11. The lowest BCUT2D eigenvalue weighted by atomic mass is 9.94. The Morgan fingerprint density at radius 3 is 1.65 bits per heavy atom. The number of benzene rings is 4. The molecule has 2 amide bonds. The lowest BCUT2D eigenvalue weighted by molar-refractivity contribution is -0.139. The quantitative estimate of drug-likeness (QED) is 0.0644. The molecule has 14 heteroatoms. The maximum atomic E-state index is 14.2. The summed E-state index contributed by atoms with van der Waals surface area (Å²) < 4.78 is 94.3. The number of ether oxygens (including phenoxy) is 2. The molecule has 0 aliphatic heterocycles. The van der Waals surface area contributed by atoms with E-state index in [9.17, 15) is 45.5 Å². The molecule has 0 saturated heterocycles. The fourth-order valence-corrected chi connectivity index (χ4v) is 5.17. The highest BCUT2D eigenvalue weighted by Gasteiger charge is 2.38. The van der Waals surface area contributed by atoms with E-state index >= 15 is 0 Å². The first kappa shape index (κ1) is 40.7. The van der Waals surface area contributed by atoms with E-state index in [0.29, 0.717) is 31.4 Å². The fourth-order valence-electron chi connectivity index (χ4n) is 5.17. The predicted octanol–water partition coefficient (Wildman–Crippen LogP) is 9.06. The maximum absolute atomic E-state index is 14.2. The summed E-state index contributed by atoms with van der Waals surface area (Å²) in [5, 5.41) is 2.30. The number of alkyl halides is 6. The number of esters is 2. The van der Waals surface area contributed by atoms with Gasteiger partial charge in [0.05, 0.1) is 46.6 Å². The van der Waals surface area contributed by atoms with Gasteiger partial charge in [0.2, 0.25) is 5.91 Å². The van der Waals surface area contributed by atoms with Gasteiger partial charge in [0.25, 0.3) is 5.91 Å². The second-order valence-corrected chi connectivity index (χ2v) is 11.9. The molecule has 4 rings (SSSR count). The molecule has 4 aromatic carbocycles. The van der Waals surface area contributed by atoms with Crippen LogP contribution in [0.3, 0.4) is 0 Å². The largest absolute Gasteiger partial charge is 0.462 e. The number of anilines is 1. The van der Waals surface area contributed by atoms with E-state index < -0.39 is 64.0 Å². The second-order valence-electron chi connectivity index (χ2n) is 11.9. The summed E-state index contributed by atoms with van der Waals surface area (Å²) in [6.45, 7) is 3.90. The molecule has 0 heterocycles. The molecule has 8 nitrogen and oxygen atoms in total. The van der Waals surface area contributed by atoms with Gasteiger partial charge in [-0.1, -0.05) is 62.8 Å². The number of rotatable bonds is 12. The number of hydrogen-bond donors (Lipinski definition) is 2. The van der Waals surface area contributed by atoms with Crippen molar-refractivity contribution in [3.05, 3.63) is 123 Å². The van der Waals surface area contributed by atoms with Crippen LogP contribution in [-0.2, 0) is 21.8 Å². The highest BCUT2D eigenvalue weighted by Crippen LogP contribution is 2.43. The zero-order valence-corrected chi connectivity index (χ0v) is 29.0. The van der Waals surface area contributed by atoms with Gasteiger partial charge in [-0.05, 0) is 78.6 Å². The Bertz CT molecular complexity index is 2110. The average molecular weight is 753 g/mol. The zero-order chi connectivity index (χ0) is 39.6. The summed E-state index contributed by atoms with van der Waals surface area (Å²) >= 11 is 0. The van der Waals surface area contributed by atoms with Crippen molar-refractivity contribution < 1.29 is 55.0 Å². The summed E-state index contributed by atoms with van der Waals surface area (Å²) in [6.07, 6.45) is -7.49. The fraction of sp³-hybridized carbons (Fsp3) is 0.250. The van der Waals surface area contributed by atoms with E-state index in [1.807, 2.05) is 13.8 Å². The molecular weight excluding hydrogens is 718 g/mol. The molecular formula is C40H34F6N2O6. The Morgan fingerprint density at radius 2 is 1.13 bits per heavy atom. The minimum Gasteiger partial charge on any atom is -0.462 e. The zero-order valence-electron chi connectivity index (χ0n) is 29.0. The van der Waals surface area contributed by atoms with Gasteiger partial charge in [-0.3, -0.25) is 9.59 Å². The van der Waals surface area contributed by atoms with E-state index in [1.165, 1.54) is 42.5 Å². The van der Waals surface area contributed by atoms with E-state index in [-0.39, 0.29) is 46.6 Å². The van der Waals surface area contributed by atoms with Crippen LogP contribution < -0.4 is 11.1 Å². The third kappa shape index (κ3) is 10.3. The van der Waals surface area contributed by atoms with Gasteiger partial charge in [0.1, 0.15) is 0 Å². The Labute approximate surface area is 306 Å². The number of nitrogens with one attached hydrogen (secondary N) is 1. The Morgan fingerprint density at radius 1 is 0.630 bits per heavy atom. The topological polar surface area (TPSA) is 125 Å². The van der Waals surface area contributed by atoms with Gasteiger partial charge in [-0.25, -0.2) is 9.59 Å². The Balaban J connectivity index is 1.70. The summed E-state index contributed by atoms with van der Waals surface area (Å²) in [4.78, 5) is 51.2. The minimum absolute atomic E-state index is 0.00540. The third-order valence-electron chi connectivity index (χ3n) is 7.91. The van der Waals surface area contributed by atoms with E-state index in [0.717, 1.165) is 30.7 Å². The number of unbranched alkanes of at least 4 members (excludes halogenated alkanes) is 2. The second kappa shape index (κ2) is 17.6. The molecule has 0 bridgehead atoms. The van der Waals surface area contributed by atoms with Crippen LogP contribution in [0.5, 0.6) is 0 Å². The molecule has 54 heavy (non-hydrogen) atoms. The third-order valence-corrected chi connectivity index (χ3v) is 7.91. The van der Waals surface area contributed by atoms with Crippen molar-refractivity contribution in [1.29, 1.82) is 0 Å². The first-order valence-corrected chi connectivity index (χ1v) is 16.7. The average Bonchev–Trinajstić information content (AvgIpc) is 3.13. The summed E-state index contributed by atoms with van der Waals surface area (Å²) in [5.74, 6) is 2.06. The number of amides is 2. The standard InChI is InChI=1S/C40H34F6N2O6/c1-3-5-19-53-37(51)31-21-24(13-16-29(31)35(47)49)11-12-25-14-17-30(32(22-25)38(52)54-20-6-4-2)36(50)48-26-15-18-28(34(23-26)40(44,45)46)27-9-7-8-10-33(27)39(41,42)43/h7-10,13-18,21-23H,3-6,19-20H2,1-2H3,(H2,47,49)(H,48,50). The van der Waals surface area contributed by atoms with Crippen LogP contribution >= 0.6 is 0 Å². The van der Waals surface area contributed by atoms with Crippen molar-refractivity contribution >= 4 is 29.4 Å². The smallest absolute Gasteiger partial charge is 0.417 e. The van der Waals surface area contributed by atoms with Crippen molar-refractivity contribution in [2.45, 2.75) is 51.9 Å². The van der Waals surface area contributed by atoms with Gasteiger partial charge >= 0.3 is 24.3 Å². The molecule has 0 spiro atoms. The van der Waals surface area contributed by atoms with Crippen LogP contribution in [0.15, 0.2) is 78.9 Å². The summed E-state index contributed by atoms with van der Waals surface area (Å²) in [6, 6.07) is 14.1. The van der Waals surface area contributed by atoms with Crippen LogP contribution in [0.25, 0.3) is 11.1 Å². The maximum Gasteiger partial charge on any atom is 0.417 e. The molecule has 282 valence electrons. The first-order valence-electron chi connectivity index (χ1n) is 16.7. The summed E-state index contributed by atoms with van der Waals surface area (Å²) in [5.41, 5.74) is 0.633. The number of carbonyl (C=O) groups is 4. The van der Waals surface area contributed by atoms with Crippen molar-refractivity contribution in [2.75, 3.05) is 18.5 Å². The highest BCUT2D eigenvalue weighted by atomic mass is 19.4. The Kier molecular flexibility index (Phi) is 13.3. The molecule has 0 radical (unpaired) electrons. The molecule has 3 N–H and O–H groups in total. The van der Waals surface area contributed by atoms with Gasteiger partial charge < -0.3 is 20.5 Å². The van der Waals surface area contributed by atoms with Crippen LogP contribution in [0.4, 0.5) is 32.0 Å². The van der Waals surface area contributed by atoms with E-state index in [4.69, 9.17) is 15.2 Å². The van der Waals surface area contributed by atoms with Crippen LogP contribution in [-0.4, -0.2) is 37.0 Å². The lowest BCUT2D eigenvalue weighted by Crippen LogP contribution is -2.19. The van der Waals surface area contributed by atoms with Crippen molar-refractivity contribution in [1.82, 2.24) is 0 Å². The van der Waals surface area contributed by atoms with E-state index in [2.05, 4.69) is 17.2 Å². The first-order chi connectivity index (χ1) is 25.5. The van der Waals surface area contributed by atoms with Gasteiger partial charge in [-0.15, -0.1) is 0 Å². The molecule has 0 fully saturated rings. The number of hydrogen-bond acceptors (Lipinski definition) is 6. The normalized spacial score (nSPS) is 11.3. The van der Waals surface area contributed by atoms with E-state index in [1.54, 1.807) is 0 Å². The number of primary amides is 1. The molecule has 0 atom stereocenters. The molecule has 4 aromatic rings. The SMILES string of the molecule is CCCCOC(=O)c1cc(C#Cc2ccc(C(=O)Nc3ccc(-c4ccccc4C(F)(F)F)c(C(F)(F)F)c3)c(C(=O)OCCCC)c2)ccc1C(N)=O. The van der Waals surface area contributed by atoms with Gasteiger partial charge in [-0.2, -0.15) is 26.3 Å². The van der Waals surface area contributed by atoms with Crippen molar-refractivity contribution in [3.8, 4) is 23.0 Å². The number of nitrogens with two attached hydrogens (primary N) is 1. The van der Waals surface area contributed by atoms with Crippen LogP contribution in [0.2, 0.25) is 0 Å². The van der Waals surface area contributed by atoms with Gasteiger partial charge in [0.15, 0.2) is 0 Å². The molecule has 0 unspecified atom stereocenters. The predicted molar refractivity (Wildman–Crippen MR) is 188 cm³/mol. The molecule has 0 saturated carbocycles. The molecule has 0 aromatic heterocycles. The Hall–Kier alpha value is -6.10. The lowest BCUT2D eigenvalue weighted by Gasteiger charge is -2.19. The van der Waals surface area contributed by atoms with Crippen molar-refractivity contribution in [2.24, 2.45) is 5.73 Å². The van der Waals surface area contributed by atoms with Crippen molar-refractivity contribution in [3.63, 3.8) is 0 Å². The van der Waals surface area contributed by atoms with Gasteiger partial charge in [0, 0.05) is 16.8 Å². The van der Waals surface area contributed by atoms with Crippen LogP contribution in [0.1, 0.15) is 103 Å². The molecule has 0 aliphatic carbocycles. The minimum atomic E-state index is -5.11.